The topological polar surface area (TPSA) is 51.6 Å². The molecule has 1 heterocycles. The lowest BCUT2D eigenvalue weighted by atomic mass is 10.3. The van der Waals surface area contributed by atoms with Crippen LogP contribution >= 0.6 is 31.9 Å². The predicted molar refractivity (Wildman–Crippen MR) is 93.0 cm³/mol. The number of hydrogen-bond acceptors (Lipinski definition) is 4. The smallest absolute Gasteiger partial charge is 0.417 e. The van der Waals surface area contributed by atoms with Crippen molar-refractivity contribution >= 4 is 31.9 Å². The normalized spacial score (nSPS) is 11.4. The molecular formula is C16H14Br2F3NO3. The van der Waals surface area contributed by atoms with Crippen molar-refractivity contribution < 1.29 is 27.8 Å². The molecule has 1 N–H and O–H groups in total. The van der Waals surface area contributed by atoms with Crippen LogP contribution in [0.1, 0.15) is 18.4 Å². The zero-order valence-corrected chi connectivity index (χ0v) is 16.0. The maximum atomic E-state index is 12.4. The molecule has 4 nitrogen and oxygen atoms in total. The van der Waals surface area contributed by atoms with Crippen LogP contribution in [0.2, 0.25) is 0 Å². The molecule has 136 valence electrons. The summed E-state index contributed by atoms with van der Waals surface area (Å²) in [5.74, 6) is 0.851. The quantitative estimate of drug-likeness (QED) is 0.522. The molecule has 25 heavy (non-hydrogen) atoms. The van der Waals surface area contributed by atoms with Crippen LogP contribution in [-0.4, -0.2) is 23.3 Å². The summed E-state index contributed by atoms with van der Waals surface area (Å²) in [7, 11) is 0. The van der Waals surface area contributed by atoms with Crippen molar-refractivity contribution in [1.29, 1.82) is 0 Å². The molecule has 2 rings (SSSR count). The minimum atomic E-state index is -4.40. The predicted octanol–water partition coefficient (Wildman–Crippen LogP) is 5.57. The van der Waals surface area contributed by atoms with Crippen LogP contribution in [0.5, 0.6) is 17.4 Å². The van der Waals surface area contributed by atoms with Gasteiger partial charge in [-0.1, -0.05) is 0 Å². The van der Waals surface area contributed by atoms with Crippen LogP contribution in [0.25, 0.3) is 0 Å². The van der Waals surface area contributed by atoms with Gasteiger partial charge in [-0.15, -0.1) is 0 Å². The minimum absolute atomic E-state index is 0.114. The largest absolute Gasteiger partial charge is 0.508 e. The summed E-state index contributed by atoms with van der Waals surface area (Å²) in [6.45, 7) is 0.741. The van der Waals surface area contributed by atoms with E-state index in [0.717, 1.165) is 12.3 Å². The first-order valence-corrected chi connectivity index (χ1v) is 8.83. The number of alkyl halides is 3. The number of pyridine rings is 1. The molecule has 0 aliphatic heterocycles. The summed E-state index contributed by atoms with van der Waals surface area (Å²) < 4.78 is 49.4. The summed E-state index contributed by atoms with van der Waals surface area (Å²) in [4.78, 5) is 3.63. The Morgan fingerprint density at radius 1 is 1.00 bits per heavy atom. The Morgan fingerprint density at radius 2 is 1.60 bits per heavy atom. The van der Waals surface area contributed by atoms with Crippen LogP contribution in [0.4, 0.5) is 13.2 Å². The van der Waals surface area contributed by atoms with E-state index in [-0.39, 0.29) is 11.6 Å². The van der Waals surface area contributed by atoms with Gasteiger partial charge >= 0.3 is 6.18 Å². The zero-order valence-electron chi connectivity index (χ0n) is 12.8. The van der Waals surface area contributed by atoms with Crippen molar-refractivity contribution in [1.82, 2.24) is 4.98 Å². The number of ether oxygens (including phenoxy) is 2. The lowest BCUT2D eigenvalue weighted by Crippen LogP contribution is -2.07. The maximum absolute atomic E-state index is 12.4. The van der Waals surface area contributed by atoms with E-state index in [4.69, 9.17) is 9.47 Å². The molecule has 1 aromatic carbocycles. The van der Waals surface area contributed by atoms with E-state index in [1.165, 1.54) is 18.2 Å². The molecule has 0 spiro atoms. The molecule has 0 bridgehead atoms. The molecule has 0 atom stereocenters. The molecule has 0 saturated heterocycles. The highest BCUT2D eigenvalue weighted by Gasteiger charge is 2.30. The molecular weight excluding hydrogens is 471 g/mol. The van der Waals surface area contributed by atoms with Crippen molar-refractivity contribution in [2.75, 3.05) is 13.2 Å². The van der Waals surface area contributed by atoms with E-state index in [2.05, 4.69) is 36.8 Å². The van der Waals surface area contributed by atoms with Crippen LogP contribution in [0.15, 0.2) is 39.4 Å². The Morgan fingerprint density at radius 3 is 2.12 bits per heavy atom. The van der Waals surface area contributed by atoms with Gasteiger partial charge < -0.3 is 14.6 Å². The first-order valence-electron chi connectivity index (χ1n) is 7.24. The zero-order chi connectivity index (χ0) is 18.4. The number of halogens is 5. The average Bonchev–Trinajstić information content (AvgIpc) is 2.52. The van der Waals surface area contributed by atoms with Gasteiger partial charge in [0, 0.05) is 12.3 Å². The highest BCUT2D eigenvalue weighted by Crippen LogP contribution is 2.37. The number of rotatable bonds is 7. The summed E-state index contributed by atoms with van der Waals surface area (Å²) in [6.07, 6.45) is -2.33. The van der Waals surface area contributed by atoms with Gasteiger partial charge in [0.15, 0.2) is 0 Å². The van der Waals surface area contributed by atoms with Gasteiger partial charge in [0.05, 0.1) is 27.7 Å². The van der Waals surface area contributed by atoms with E-state index < -0.39 is 11.7 Å². The van der Waals surface area contributed by atoms with Gasteiger partial charge in [-0.25, -0.2) is 4.98 Å². The van der Waals surface area contributed by atoms with Crippen molar-refractivity contribution in [3.8, 4) is 17.4 Å². The summed E-state index contributed by atoms with van der Waals surface area (Å²) in [6, 6.07) is 5.19. The van der Waals surface area contributed by atoms with E-state index >= 15 is 0 Å². The molecule has 9 heteroatoms. The van der Waals surface area contributed by atoms with Gasteiger partial charge in [-0.3, -0.25) is 0 Å². The van der Waals surface area contributed by atoms with E-state index in [1.807, 2.05) is 0 Å². The molecule has 0 aliphatic carbocycles. The van der Waals surface area contributed by atoms with Gasteiger partial charge in [0.1, 0.15) is 11.5 Å². The standard InChI is InChI=1S/C16H14Br2F3NO3/c17-12-7-11(23)8-13(18)15(12)25-6-2-1-5-24-14-4-3-10(9-22-14)16(19,20)21/h3-4,7-9,23H,1-2,5-6H2. The Balaban J connectivity index is 1.70. The Hall–Kier alpha value is -1.48. The average molecular weight is 485 g/mol. The van der Waals surface area contributed by atoms with Crippen LogP contribution < -0.4 is 9.47 Å². The second-order valence-corrected chi connectivity index (χ2v) is 6.73. The third-order valence-corrected chi connectivity index (χ3v) is 4.26. The van der Waals surface area contributed by atoms with Gasteiger partial charge in [-0.05, 0) is 62.9 Å². The van der Waals surface area contributed by atoms with Crippen molar-refractivity contribution in [2.24, 2.45) is 0 Å². The Kier molecular flexibility index (Phi) is 6.95. The third kappa shape index (κ3) is 6.07. The number of phenolic OH excluding ortho intramolecular Hbond substituents is 1. The summed E-state index contributed by atoms with van der Waals surface area (Å²) in [5, 5.41) is 9.43. The van der Waals surface area contributed by atoms with Crippen molar-refractivity contribution in [2.45, 2.75) is 19.0 Å². The lowest BCUT2D eigenvalue weighted by molar-refractivity contribution is -0.137. The fourth-order valence-electron chi connectivity index (χ4n) is 1.87. The molecule has 0 fully saturated rings. The molecule has 0 radical (unpaired) electrons. The van der Waals surface area contributed by atoms with E-state index in [0.29, 0.717) is 40.8 Å². The van der Waals surface area contributed by atoms with Gasteiger partial charge in [0.2, 0.25) is 5.88 Å². The lowest BCUT2D eigenvalue weighted by Gasteiger charge is -2.11. The second kappa shape index (κ2) is 8.75. The Bertz CT molecular complexity index is 686. The van der Waals surface area contributed by atoms with Crippen molar-refractivity contribution in [3.05, 3.63) is 45.0 Å². The van der Waals surface area contributed by atoms with Crippen molar-refractivity contribution in [3.63, 3.8) is 0 Å². The fraction of sp³-hybridized carbons (Fsp3) is 0.312. The molecule has 0 amide bonds. The number of aromatic nitrogens is 1. The number of phenols is 1. The monoisotopic (exact) mass is 483 g/mol. The molecule has 2 aromatic rings. The third-order valence-electron chi connectivity index (χ3n) is 3.08. The van der Waals surface area contributed by atoms with Crippen LogP contribution in [0.3, 0.4) is 0 Å². The second-order valence-electron chi connectivity index (χ2n) is 5.03. The number of benzene rings is 1. The van der Waals surface area contributed by atoms with Gasteiger partial charge in [0.25, 0.3) is 0 Å². The molecule has 0 aliphatic rings. The number of aromatic hydroxyl groups is 1. The van der Waals surface area contributed by atoms with E-state index in [1.54, 1.807) is 0 Å². The first kappa shape index (κ1) is 19.8. The number of unbranched alkanes of at least 4 members (excludes halogenated alkanes) is 1. The highest BCUT2D eigenvalue weighted by atomic mass is 79.9. The summed E-state index contributed by atoms with van der Waals surface area (Å²) >= 11 is 6.61. The molecule has 0 unspecified atom stereocenters. The molecule has 1 aromatic heterocycles. The minimum Gasteiger partial charge on any atom is -0.508 e. The maximum Gasteiger partial charge on any atom is 0.417 e. The Labute approximate surface area is 159 Å². The fourth-order valence-corrected chi connectivity index (χ4v) is 3.26. The SMILES string of the molecule is Oc1cc(Br)c(OCCCCOc2ccc(C(F)(F)F)cn2)c(Br)c1. The van der Waals surface area contributed by atoms with E-state index in [9.17, 15) is 18.3 Å². The summed E-state index contributed by atoms with van der Waals surface area (Å²) in [5.41, 5.74) is -0.807. The number of hydrogen-bond donors (Lipinski definition) is 1. The highest BCUT2D eigenvalue weighted by molar-refractivity contribution is 9.11. The molecule has 0 saturated carbocycles. The van der Waals surface area contributed by atoms with Crippen LogP contribution in [-0.2, 0) is 6.18 Å². The number of nitrogens with zero attached hydrogens (tertiary/aromatic N) is 1. The van der Waals surface area contributed by atoms with Gasteiger partial charge in [-0.2, -0.15) is 13.2 Å². The first-order chi connectivity index (χ1) is 11.8. The van der Waals surface area contributed by atoms with Crippen LogP contribution in [0, 0.1) is 0 Å².